The van der Waals surface area contributed by atoms with E-state index in [-0.39, 0.29) is 24.7 Å². The number of rotatable bonds is 13. The van der Waals surface area contributed by atoms with Gasteiger partial charge in [0.1, 0.15) is 24.0 Å². The van der Waals surface area contributed by atoms with Crippen LogP contribution in [0.5, 0.6) is 5.75 Å². The second-order valence-corrected chi connectivity index (χ2v) is 12.3. The molecule has 2 heterocycles. The number of esters is 1. The molecule has 0 spiro atoms. The number of benzene rings is 2. The first kappa shape index (κ1) is 33.1. The van der Waals surface area contributed by atoms with Crippen molar-refractivity contribution in [1.82, 2.24) is 9.99 Å². The number of nitrogens with one attached hydrogen (secondary N) is 1. The number of hydrogen-bond donors (Lipinski definition) is 3. The van der Waals surface area contributed by atoms with Crippen LogP contribution in [0.1, 0.15) is 33.6 Å². The molecule has 2 aromatic carbocycles. The van der Waals surface area contributed by atoms with Crippen LogP contribution in [-0.2, 0) is 32.9 Å². The number of fused-ring (bicyclic) bond motifs is 1. The fourth-order valence-electron chi connectivity index (χ4n) is 4.85. The Morgan fingerprint density at radius 3 is 2.66 bits per heavy atom. The van der Waals surface area contributed by atoms with E-state index in [1.807, 2.05) is 32.0 Å². The molecular weight excluding hydrogens is 597 g/mol. The van der Waals surface area contributed by atoms with E-state index < -0.39 is 68.6 Å². The van der Waals surface area contributed by atoms with Gasteiger partial charge >= 0.3 is 13.7 Å². The average Bonchev–Trinajstić information content (AvgIpc) is 3.21. The largest absolute Gasteiger partial charge is 0.465 e. The number of allylic oxidation sites excluding steroid dienone is 1. The summed E-state index contributed by atoms with van der Waals surface area (Å²) in [5, 5.41) is 29.3. The molecule has 1 saturated heterocycles. The summed E-state index contributed by atoms with van der Waals surface area (Å²) >= 11 is 0. The van der Waals surface area contributed by atoms with Gasteiger partial charge in [-0.25, -0.2) is 4.57 Å². The standard InChI is InChI=1S/C28H34N5O10P/c1-4-40-27(38)21(14-17(2)3)30-44(39,43-22-11-7-9-18-8-5-6-10-20(18)22)41-16-28(31-32-29)25(37)24(36)26(42-28)33-13-12-19(34)15-23(33)35/h5-13,17,21,24-26,36-37H,4,14-16H2,1-3H3,(H,30,39)/t21-,24+,25-,26+,28+,44?/m0/s1. The van der Waals surface area contributed by atoms with Crippen LogP contribution in [0.4, 0.5) is 0 Å². The number of amides is 1. The lowest BCUT2D eigenvalue weighted by atomic mass is 10.1. The maximum atomic E-state index is 14.5. The molecule has 1 amide bonds. The molecule has 0 aliphatic carbocycles. The molecule has 0 radical (unpaired) electrons. The Kier molecular flexibility index (Phi) is 10.4. The van der Waals surface area contributed by atoms with Crippen molar-refractivity contribution in [3.8, 4) is 5.75 Å². The molecule has 236 valence electrons. The summed E-state index contributed by atoms with van der Waals surface area (Å²) < 4.78 is 37.1. The highest BCUT2D eigenvalue weighted by atomic mass is 31.2. The Hall–Kier alpha value is -3.81. The van der Waals surface area contributed by atoms with Gasteiger partial charge in [0.15, 0.2) is 12.0 Å². The van der Waals surface area contributed by atoms with Crippen LogP contribution in [-0.4, -0.2) is 76.2 Å². The topological polar surface area (TPSA) is 210 Å². The SMILES string of the molecule is CCOC(=O)[C@H](CC(C)C)NP(=O)(OC[C@@]1(N=[N+]=[N-])O[C@@H](N2C=CC(=O)CC2=O)[C@H](O)[C@@H]1O)Oc1cccc2ccccc12. The molecule has 2 aromatic rings. The van der Waals surface area contributed by atoms with Crippen molar-refractivity contribution in [3.63, 3.8) is 0 Å². The lowest BCUT2D eigenvalue weighted by Gasteiger charge is -2.31. The Morgan fingerprint density at radius 2 is 1.98 bits per heavy atom. The predicted octanol–water partition coefficient (Wildman–Crippen LogP) is 3.31. The van der Waals surface area contributed by atoms with E-state index in [0.29, 0.717) is 5.39 Å². The second kappa shape index (κ2) is 13.9. The zero-order valence-corrected chi connectivity index (χ0v) is 25.2. The molecular formula is C28H34N5O10P. The van der Waals surface area contributed by atoms with Crippen molar-refractivity contribution >= 4 is 36.2 Å². The third kappa shape index (κ3) is 7.28. The molecule has 0 saturated carbocycles. The summed E-state index contributed by atoms with van der Waals surface area (Å²) in [6.07, 6.45) is -3.56. The van der Waals surface area contributed by atoms with E-state index in [2.05, 4.69) is 15.1 Å². The van der Waals surface area contributed by atoms with Gasteiger partial charge in [-0.2, -0.15) is 5.09 Å². The van der Waals surface area contributed by atoms with Crippen LogP contribution in [0.25, 0.3) is 21.2 Å². The van der Waals surface area contributed by atoms with Gasteiger partial charge in [-0.05, 0) is 42.3 Å². The summed E-state index contributed by atoms with van der Waals surface area (Å²) in [5.74, 6) is -1.85. The van der Waals surface area contributed by atoms with E-state index in [0.717, 1.165) is 22.6 Å². The lowest BCUT2D eigenvalue weighted by Crippen LogP contribution is -2.46. The summed E-state index contributed by atoms with van der Waals surface area (Å²) in [7, 11) is -4.62. The molecule has 1 unspecified atom stereocenters. The van der Waals surface area contributed by atoms with E-state index in [1.165, 1.54) is 0 Å². The summed E-state index contributed by atoms with van der Waals surface area (Å²) in [4.78, 5) is 40.6. The summed E-state index contributed by atoms with van der Waals surface area (Å²) in [5.41, 5.74) is 6.94. The zero-order valence-electron chi connectivity index (χ0n) is 24.3. The molecule has 3 N–H and O–H groups in total. The first-order valence-electron chi connectivity index (χ1n) is 13.9. The lowest BCUT2D eigenvalue weighted by molar-refractivity contribution is -0.159. The number of ketones is 1. The van der Waals surface area contributed by atoms with E-state index in [9.17, 15) is 34.7 Å². The number of ether oxygens (including phenoxy) is 2. The monoisotopic (exact) mass is 631 g/mol. The van der Waals surface area contributed by atoms with E-state index >= 15 is 0 Å². The number of aliphatic hydroxyl groups is 2. The van der Waals surface area contributed by atoms with Gasteiger partial charge in [-0.1, -0.05) is 55.4 Å². The Morgan fingerprint density at radius 1 is 1.25 bits per heavy atom. The number of nitrogens with zero attached hydrogens (tertiary/aromatic N) is 4. The van der Waals surface area contributed by atoms with E-state index in [4.69, 9.17) is 18.5 Å². The van der Waals surface area contributed by atoms with Crippen molar-refractivity contribution in [3.05, 3.63) is 65.2 Å². The number of azide groups is 1. The summed E-state index contributed by atoms with van der Waals surface area (Å²) in [6.45, 7) is 4.41. The van der Waals surface area contributed by atoms with Crippen molar-refractivity contribution in [2.45, 2.75) is 63.8 Å². The Bertz CT molecular complexity index is 1520. The van der Waals surface area contributed by atoms with Gasteiger partial charge in [0.05, 0.1) is 19.6 Å². The third-order valence-electron chi connectivity index (χ3n) is 6.93. The maximum absolute atomic E-state index is 14.5. The minimum atomic E-state index is -4.62. The highest BCUT2D eigenvalue weighted by molar-refractivity contribution is 7.52. The molecule has 2 aliphatic rings. The predicted molar refractivity (Wildman–Crippen MR) is 156 cm³/mol. The molecule has 0 bridgehead atoms. The van der Waals surface area contributed by atoms with Gasteiger partial charge in [-0.3, -0.25) is 23.8 Å². The Balaban J connectivity index is 1.69. The quantitative estimate of drug-likeness (QED) is 0.0729. The van der Waals surface area contributed by atoms with Gasteiger partial charge in [0.2, 0.25) is 11.6 Å². The smallest absolute Gasteiger partial charge is 0.459 e. The molecule has 16 heteroatoms. The minimum Gasteiger partial charge on any atom is -0.465 e. The zero-order chi connectivity index (χ0) is 32.1. The minimum absolute atomic E-state index is 0.0546. The number of aliphatic hydroxyl groups excluding tert-OH is 2. The highest BCUT2D eigenvalue weighted by Gasteiger charge is 2.58. The number of hydrogen-bond acceptors (Lipinski definition) is 11. The fourth-order valence-corrected chi connectivity index (χ4v) is 6.40. The third-order valence-corrected chi connectivity index (χ3v) is 8.46. The van der Waals surface area contributed by atoms with Crippen molar-refractivity contribution in [2.24, 2.45) is 11.0 Å². The molecule has 2 aliphatic heterocycles. The number of carbonyl (C=O) groups excluding carboxylic acids is 3. The summed E-state index contributed by atoms with van der Waals surface area (Å²) in [6, 6.07) is 11.0. The molecule has 0 aromatic heterocycles. The molecule has 1 fully saturated rings. The molecule has 44 heavy (non-hydrogen) atoms. The van der Waals surface area contributed by atoms with Crippen LogP contribution in [0.2, 0.25) is 0 Å². The van der Waals surface area contributed by atoms with Crippen LogP contribution >= 0.6 is 7.75 Å². The van der Waals surface area contributed by atoms with Crippen LogP contribution in [0, 0.1) is 5.92 Å². The van der Waals surface area contributed by atoms with Crippen LogP contribution < -0.4 is 9.61 Å². The number of carbonyl (C=O) groups is 3. The second-order valence-electron chi connectivity index (χ2n) is 10.6. The van der Waals surface area contributed by atoms with Crippen molar-refractivity contribution < 1.29 is 47.7 Å². The average molecular weight is 632 g/mol. The Labute approximate surface area is 252 Å². The van der Waals surface area contributed by atoms with Gasteiger partial charge in [0.25, 0.3) is 0 Å². The molecule has 6 atom stereocenters. The molecule has 4 rings (SSSR count). The maximum Gasteiger partial charge on any atom is 0.459 e. The van der Waals surface area contributed by atoms with Gasteiger partial charge in [-0.15, -0.1) is 0 Å². The van der Waals surface area contributed by atoms with Crippen molar-refractivity contribution in [1.29, 1.82) is 0 Å². The first-order chi connectivity index (χ1) is 20.9. The van der Waals surface area contributed by atoms with Gasteiger partial charge in [0, 0.05) is 16.5 Å². The van der Waals surface area contributed by atoms with Gasteiger partial charge < -0.3 is 24.2 Å². The van der Waals surface area contributed by atoms with Crippen LogP contribution in [0.15, 0.2) is 59.9 Å². The first-order valence-corrected chi connectivity index (χ1v) is 15.4. The van der Waals surface area contributed by atoms with E-state index in [1.54, 1.807) is 31.2 Å². The highest BCUT2D eigenvalue weighted by Crippen LogP contribution is 2.49. The molecule has 15 nitrogen and oxygen atoms in total. The van der Waals surface area contributed by atoms with Crippen LogP contribution in [0.3, 0.4) is 0 Å². The fraction of sp³-hybridized carbons (Fsp3) is 0.464. The van der Waals surface area contributed by atoms with Crippen molar-refractivity contribution in [2.75, 3.05) is 13.2 Å². The normalized spacial score (nSPS) is 25.5.